The Morgan fingerprint density at radius 3 is 1.93 bits per heavy atom. The molecule has 3 rings (SSSR count). The summed E-state index contributed by atoms with van der Waals surface area (Å²) < 4.78 is 0. The minimum atomic E-state index is 0.470. The number of aromatic nitrogens is 2. The summed E-state index contributed by atoms with van der Waals surface area (Å²) in [5.41, 5.74) is 6.43. The first-order valence-electron chi connectivity index (χ1n) is 10.3. The SMILES string of the molecule is CC(C)c1cccnc1CN(CCC1=CN=CC1)Cc1ncccc1C(C)C. The minimum absolute atomic E-state index is 0.470. The highest BCUT2D eigenvalue weighted by Gasteiger charge is 2.16. The minimum Gasteiger partial charge on any atom is -0.291 e. The molecule has 0 aromatic carbocycles. The van der Waals surface area contributed by atoms with Gasteiger partial charge in [0, 0.05) is 50.9 Å². The molecule has 28 heavy (non-hydrogen) atoms. The van der Waals surface area contributed by atoms with Crippen LogP contribution in [0.4, 0.5) is 0 Å². The Hall–Kier alpha value is -2.33. The zero-order valence-electron chi connectivity index (χ0n) is 17.6. The van der Waals surface area contributed by atoms with E-state index in [1.807, 2.05) is 36.9 Å². The van der Waals surface area contributed by atoms with E-state index in [9.17, 15) is 0 Å². The topological polar surface area (TPSA) is 41.4 Å². The fourth-order valence-electron chi connectivity index (χ4n) is 3.70. The first-order valence-corrected chi connectivity index (χ1v) is 10.3. The van der Waals surface area contributed by atoms with Crippen LogP contribution in [-0.4, -0.2) is 27.6 Å². The second kappa shape index (κ2) is 9.74. The Bertz CT molecular complexity index is 783. The van der Waals surface area contributed by atoms with Crippen molar-refractivity contribution < 1.29 is 0 Å². The smallest absolute Gasteiger partial charge is 0.0578 e. The molecule has 0 unspecified atom stereocenters. The van der Waals surface area contributed by atoms with Gasteiger partial charge in [-0.25, -0.2) is 0 Å². The van der Waals surface area contributed by atoms with Gasteiger partial charge in [-0.2, -0.15) is 0 Å². The molecule has 0 radical (unpaired) electrons. The standard InChI is InChI=1S/C24H32N4/c1-18(2)21-7-5-11-26-23(21)16-28(14-10-20-9-13-25-15-20)17-24-22(19(3)4)8-6-12-27-24/h5-8,11-13,15,18-19H,9-10,14,16-17H2,1-4H3. The third-order valence-corrected chi connectivity index (χ3v) is 5.31. The third-order valence-electron chi connectivity index (χ3n) is 5.31. The van der Waals surface area contributed by atoms with E-state index in [2.05, 4.69) is 49.7 Å². The molecule has 1 aliphatic rings. The summed E-state index contributed by atoms with van der Waals surface area (Å²) in [5.74, 6) is 0.940. The molecule has 0 saturated heterocycles. The monoisotopic (exact) mass is 376 g/mol. The lowest BCUT2D eigenvalue weighted by Crippen LogP contribution is -2.27. The largest absolute Gasteiger partial charge is 0.291 e. The van der Waals surface area contributed by atoms with Crippen LogP contribution in [0.5, 0.6) is 0 Å². The molecule has 0 spiro atoms. The summed E-state index contributed by atoms with van der Waals surface area (Å²) in [4.78, 5) is 16.2. The highest BCUT2D eigenvalue weighted by molar-refractivity contribution is 5.65. The lowest BCUT2D eigenvalue weighted by atomic mass is 9.99. The van der Waals surface area contributed by atoms with Crippen molar-refractivity contribution in [3.8, 4) is 0 Å². The van der Waals surface area contributed by atoms with Crippen molar-refractivity contribution in [3.63, 3.8) is 0 Å². The molecule has 0 amide bonds. The number of hydrogen-bond acceptors (Lipinski definition) is 4. The molecule has 0 fully saturated rings. The van der Waals surface area contributed by atoms with Crippen LogP contribution in [0.3, 0.4) is 0 Å². The van der Waals surface area contributed by atoms with Crippen molar-refractivity contribution in [3.05, 3.63) is 70.9 Å². The van der Waals surface area contributed by atoms with Crippen molar-refractivity contribution in [1.82, 2.24) is 14.9 Å². The van der Waals surface area contributed by atoms with Gasteiger partial charge in [-0.1, -0.05) is 39.8 Å². The van der Waals surface area contributed by atoms with Gasteiger partial charge >= 0.3 is 0 Å². The van der Waals surface area contributed by atoms with Gasteiger partial charge in [0.05, 0.1) is 11.4 Å². The average molecular weight is 377 g/mol. The Balaban J connectivity index is 1.81. The summed E-state index contributed by atoms with van der Waals surface area (Å²) in [6, 6.07) is 8.50. The zero-order chi connectivity index (χ0) is 19.9. The van der Waals surface area contributed by atoms with Crippen molar-refractivity contribution in [2.24, 2.45) is 4.99 Å². The highest BCUT2D eigenvalue weighted by atomic mass is 15.1. The van der Waals surface area contributed by atoms with Gasteiger partial charge in [-0.05, 0) is 47.1 Å². The molecule has 0 bridgehead atoms. The predicted octanol–water partition coefficient (Wildman–Crippen LogP) is 5.47. The third kappa shape index (κ3) is 5.35. The first kappa shape index (κ1) is 20.4. The number of nitrogens with zero attached hydrogens (tertiary/aromatic N) is 4. The molecule has 4 nitrogen and oxygen atoms in total. The van der Waals surface area contributed by atoms with Gasteiger partial charge < -0.3 is 0 Å². The fraction of sp³-hybridized carbons (Fsp3) is 0.458. The second-order valence-corrected chi connectivity index (χ2v) is 8.17. The maximum atomic E-state index is 4.72. The van der Waals surface area contributed by atoms with E-state index in [0.29, 0.717) is 11.8 Å². The average Bonchev–Trinajstić information content (AvgIpc) is 3.20. The maximum absolute atomic E-state index is 4.72. The van der Waals surface area contributed by atoms with E-state index in [-0.39, 0.29) is 0 Å². The van der Waals surface area contributed by atoms with Gasteiger partial charge in [-0.15, -0.1) is 0 Å². The van der Waals surface area contributed by atoms with Crippen LogP contribution in [-0.2, 0) is 13.1 Å². The van der Waals surface area contributed by atoms with Gasteiger partial charge in [0.2, 0.25) is 0 Å². The van der Waals surface area contributed by atoms with E-state index in [4.69, 9.17) is 9.97 Å². The van der Waals surface area contributed by atoms with Crippen LogP contribution < -0.4 is 0 Å². The maximum Gasteiger partial charge on any atom is 0.0578 e. The molecular formula is C24H32N4. The second-order valence-electron chi connectivity index (χ2n) is 8.17. The van der Waals surface area contributed by atoms with Gasteiger partial charge in [0.25, 0.3) is 0 Å². The van der Waals surface area contributed by atoms with Crippen molar-refractivity contribution >= 4 is 6.21 Å². The van der Waals surface area contributed by atoms with Crippen LogP contribution in [0.2, 0.25) is 0 Å². The Labute approximate surface area is 169 Å². The number of pyridine rings is 2. The van der Waals surface area contributed by atoms with Gasteiger partial charge in [0.1, 0.15) is 0 Å². The van der Waals surface area contributed by atoms with E-state index < -0.39 is 0 Å². The van der Waals surface area contributed by atoms with Crippen LogP contribution in [0.1, 0.15) is 74.9 Å². The predicted molar refractivity (Wildman–Crippen MR) is 117 cm³/mol. The van der Waals surface area contributed by atoms with Gasteiger partial charge in [0.15, 0.2) is 0 Å². The lowest BCUT2D eigenvalue weighted by molar-refractivity contribution is 0.251. The summed E-state index contributed by atoms with van der Waals surface area (Å²) >= 11 is 0. The molecule has 1 aliphatic heterocycles. The van der Waals surface area contributed by atoms with Crippen molar-refractivity contribution in [1.29, 1.82) is 0 Å². The van der Waals surface area contributed by atoms with Crippen molar-refractivity contribution in [2.75, 3.05) is 6.54 Å². The molecule has 3 heterocycles. The van der Waals surface area contributed by atoms with Crippen molar-refractivity contribution in [2.45, 2.75) is 65.5 Å². The molecule has 4 heteroatoms. The molecule has 0 atom stereocenters. The van der Waals surface area contributed by atoms with Crippen LogP contribution in [0.15, 0.2) is 53.4 Å². The molecular weight excluding hydrogens is 344 g/mol. The van der Waals surface area contributed by atoms with Crippen LogP contribution >= 0.6 is 0 Å². The quantitative estimate of drug-likeness (QED) is 0.582. The molecule has 0 saturated carbocycles. The number of aliphatic imine (C=N–C) groups is 1. The molecule has 2 aromatic rings. The summed E-state index contributed by atoms with van der Waals surface area (Å²) in [5, 5.41) is 0. The Kier molecular flexibility index (Phi) is 7.10. The normalized spacial score (nSPS) is 13.8. The Morgan fingerprint density at radius 2 is 1.46 bits per heavy atom. The first-order chi connectivity index (χ1) is 13.5. The Morgan fingerprint density at radius 1 is 0.893 bits per heavy atom. The van der Waals surface area contributed by atoms with E-state index >= 15 is 0 Å². The van der Waals surface area contributed by atoms with Crippen LogP contribution in [0, 0.1) is 0 Å². The summed E-state index contributed by atoms with van der Waals surface area (Å²) in [7, 11) is 0. The van der Waals surface area contributed by atoms with Crippen LogP contribution in [0.25, 0.3) is 0 Å². The number of hydrogen-bond donors (Lipinski definition) is 0. The zero-order valence-corrected chi connectivity index (χ0v) is 17.6. The molecule has 2 aromatic heterocycles. The molecule has 0 aliphatic carbocycles. The van der Waals surface area contributed by atoms with E-state index in [1.165, 1.54) is 28.1 Å². The number of rotatable bonds is 9. The van der Waals surface area contributed by atoms with Gasteiger partial charge in [-0.3, -0.25) is 19.9 Å². The van der Waals surface area contributed by atoms with E-state index in [1.54, 1.807) is 0 Å². The molecule has 0 N–H and O–H groups in total. The molecule has 148 valence electrons. The van der Waals surface area contributed by atoms with E-state index in [0.717, 1.165) is 32.5 Å². The summed E-state index contributed by atoms with van der Waals surface area (Å²) in [6.07, 6.45) is 9.84. The highest BCUT2D eigenvalue weighted by Crippen LogP contribution is 2.23. The summed E-state index contributed by atoms with van der Waals surface area (Å²) in [6.45, 7) is 11.6. The lowest BCUT2D eigenvalue weighted by Gasteiger charge is -2.25. The fourth-order valence-corrected chi connectivity index (χ4v) is 3.70.